The number of carboxylic acid groups (broad SMARTS) is 1. The van der Waals surface area contributed by atoms with E-state index in [-0.39, 0.29) is 19.1 Å². The SMILES string of the molecule is CC(C)(CNC(=O)COCC1CC1)C(=O)O. The highest BCUT2D eigenvalue weighted by molar-refractivity contribution is 5.79. The van der Waals surface area contributed by atoms with Gasteiger partial charge in [-0.25, -0.2) is 0 Å². The van der Waals surface area contributed by atoms with Crippen molar-refractivity contribution in [1.82, 2.24) is 5.32 Å². The molecule has 2 N–H and O–H groups in total. The van der Waals surface area contributed by atoms with Crippen molar-refractivity contribution in [2.24, 2.45) is 11.3 Å². The molecule has 0 aromatic rings. The second-order valence-electron chi connectivity index (χ2n) is 4.92. The van der Waals surface area contributed by atoms with Crippen LogP contribution >= 0.6 is 0 Å². The molecule has 0 radical (unpaired) electrons. The molecule has 0 spiro atoms. The van der Waals surface area contributed by atoms with Crippen LogP contribution in [0, 0.1) is 11.3 Å². The molecule has 5 nitrogen and oxygen atoms in total. The molecule has 0 heterocycles. The van der Waals surface area contributed by atoms with Crippen LogP contribution in [-0.4, -0.2) is 36.7 Å². The summed E-state index contributed by atoms with van der Waals surface area (Å²) in [6, 6.07) is 0. The molecule has 1 aliphatic rings. The lowest BCUT2D eigenvalue weighted by atomic mass is 9.94. The maximum Gasteiger partial charge on any atom is 0.310 e. The lowest BCUT2D eigenvalue weighted by Crippen LogP contribution is -2.40. The molecule has 0 saturated heterocycles. The molecule has 16 heavy (non-hydrogen) atoms. The predicted molar refractivity (Wildman–Crippen MR) is 58.0 cm³/mol. The number of rotatable bonds is 7. The van der Waals surface area contributed by atoms with Crippen LogP contribution in [0.5, 0.6) is 0 Å². The summed E-state index contributed by atoms with van der Waals surface area (Å²) >= 11 is 0. The highest BCUT2D eigenvalue weighted by Gasteiger charge is 2.27. The Kier molecular flexibility index (Phi) is 4.29. The summed E-state index contributed by atoms with van der Waals surface area (Å²) in [5.41, 5.74) is -0.938. The molecule has 1 rings (SSSR count). The fraction of sp³-hybridized carbons (Fsp3) is 0.818. The third-order valence-electron chi connectivity index (χ3n) is 2.59. The van der Waals surface area contributed by atoms with E-state index in [4.69, 9.17) is 9.84 Å². The first-order valence-electron chi connectivity index (χ1n) is 5.49. The molecule has 0 aromatic carbocycles. The van der Waals surface area contributed by atoms with Gasteiger partial charge >= 0.3 is 5.97 Å². The van der Waals surface area contributed by atoms with Gasteiger partial charge in [-0.05, 0) is 32.6 Å². The summed E-state index contributed by atoms with van der Waals surface area (Å²) in [6.45, 7) is 3.91. The van der Waals surface area contributed by atoms with E-state index in [1.807, 2.05) is 0 Å². The molecule has 1 amide bonds. The van der Waals surface area contributed by atoms with Crippen molar-refractivity contribution in [2.45, 2.75) is 26.7 Å². The Hall–Kier alpha value is -1.10. The van der Waals surface area contributed by atoms with Gasteiger partial charge in [0, 0.05) is 6.54 Å². The first kappa shape index (κ1) is 13.0. The predicted octanol–water partition coefficient (Wildman–Crippen LogP) is 0.640. The number of carbonyl (C=O) groups is 2. The Morgan fingerprint density at radius 2 is 2.06 bits per heavy atom. The zero-order valence-corrected chi connectivity index (χ0v) is 9.78. The Bertz CT molecular complexity index is 271. The number of hydrogen-bond acceptors (Lipinski definition) is 3. The molecule has 0 aliphatic heterocycles. The van der Waals surface area contributed by atoms with Gasteiger partial charge in [0.2, 0.25) is 5.91 Å². The second kappa shape index (κ2) is 5.30. The summed E-state index contributed by atoms with van der Waals surface area (Å²) in [6.07, 6.45) is 2.38. The van der Waals surface area contributed by atoms with Gasteiger partial charge in [-0.1, -0.05) is 0 Å². The molecule has 1 saturated carbocycles. The summed E-state index contributed by atoms with van der Waals surface area (Å²) in [5, 5.41) is 11.4. The topological polar surface area (TPSA) is 75.6 Å². The van der Waals surface area contributed by atoms with Crippen molar-refractivity contribution >= 4 is 11.9 Å². The van der Waals surface area contributed by atoms with E-state index in [2.05, 4.69) is 5.32 Å². The normalized spacial score (nSPS) is 15.9. The average Bonchev–Trinajstić information content (AvgIpc) is 2.98. The largest absolute Gasteiger partial charge is 0.481 e. The standard InChI is InChI=1S/C11H19NO4/c1-11(2,10(14)15)7-12-9(13)6-16-5-8-3-4-8/h8H,3-7H2,1-2H3,(H,12,13)(H,14,15). The molecular weight excluding hydrogens is 210 g/mol. The third-order valence-corrected chi connectivity index (χ3v) is 2.59. The van der Waals surface area contributed by atoms with Crippen molar-refractivity contribution in [3.05, 3.63) is 0 Å². The summed E-state index contributed by atoms with van der Waals surface area (Å²) in [5.74, 6) is -0.551. The van der Waals surface area contributed by atoms with Crippen molar-refractivity contribution in [1.29, 1.82) is 0 Å². The number of aliphatic carboxylic acids is 1. The van der Waals surface area contributed by atoms with Gasteiger partial charge < -0.3 is 15.2 Å². The molecule has 92 valence electrons. The van der Waals surface area contributed by atoms with Crippen molar-refractivity contribution in [2.75, 3.05) is 19.8 Å². The van der Waals surface area contributed by atoms with E-state index in [9.17, 15) is 9.59 Å². The number of ether oxygens (including phenoxy) is 1. The second-order valence-corrected chi connectivity index (χ2v) is 4.92. The van der Waals surface area contributed by atoms with Crippen LogP contribution in [0.4, 0.5) is 0 Å². The quantitative estimate of drug-likeness (QED) is 0.671. The van der Waals surface area contributed by atoms with Gasteiger partial charge in [0.15, 0.2) is 0 Å². The van der Waals surface area contributed by atoms with Crippen LogP contribution in [0.1, 0.15) is 26.7 Å². The van der Waals surface area contributed by atoms with Crippen LogP contribution in [0.2, 0.25) is 0 Å². The molecular formula is C11H19NO4. The number of nitrogens with one attached hydrogen (secondary N) is 1. The Morgan fingerprint density at radius 1 is 1.44 bits per heavy atom. The Morgan fingerprint density at radius 3 is 2.56 bits per heavy atom. The molecule has 5 heteroatoms. The Labute approximate surface area is 95.2 Å². The van der Waals surface area contributed by atoms with Crippen LogP contribution in [-0.2, 0) is 14.3 Å². The van der Waals surface area contributed by atoms with E-state index in [0.29, 0.717) is 12.5 Å². The minimum atomic E-state index is -0.938. The Balaban J connectivity index is 2.10. The maximum atomic E-state index is 11.3. The van der Waals surface area contributed by atoms with Crippen LogP contribution in [0.3, 0.4) is 0 Å². The maximum absolute atomic E-state index is 11.3. The smallest absolute Gasteiger partial charge is 0.310 e. The summed E-state index contributed by atoms with van der Waals surface area (Å²) in [7, 11) is 0. The van der Waals surface area contributed by atoms with Gasteiger partial charge in [-0.15, -0.1) is 0 Å². The lowest BCUT2D eigenvalue weighted by molar-refractivity contribution is -0.146. The van der Waals surface area contributed by atoms with E-state index in [1.54, 1.807) is 13.8 Å². The monoisotopic (exact) mass is 229 g/mol. The van der Waals surface area contributed by atoms with Gasteiger partial charge in [0.05, 0.1) is 12.0 Å². The van der Waals surface area contributed by atoms with Gasteiger partial charge in [0.25, 0.3) is 0 Å². The van der Waals surface area contributed by atoms with E-state index < -0.39 is 11.4 Å². The minimum Gasteiger partial charge on any atom is -0.481 e. The number of hydrogen-bond donors (Lipinski definition) is 2. The fourth-order valence-electron chi connectivity index (χ4n) is 1.05. The molecule has 1 aliphatic carbocycles. The van der Waals surface area contributed by atoms with Crippen molar-refractivity contribution in [3.63, 3.8) is 0 Å². The first-order valence-corrected chi connectivity index (χ1v) is 5.49. The van der Waals surface area contributed by atoms with E-state index in [1.165, 1.54) is 12.8 Å². The van der Waals surface area contributed by atoms with Gasteiger partial charge in [-0.2, -0.15) is 0 Å². The molecule has 1 fully saturated rings. The average molecular weight is 229 g/mol. The highest BCUT2D eigenvalue weighted by atomic mass is 16.5. The molecule has 0 unspecified atom stereocenters. The first-order chi connectivity index (χ1) is 7.42. The minimum absolute atomic E-state index is 0.0200. The van der Waals surface area contributed by atoms with Gasteiger partial charge in [-0.3, -0.25) is 9.59 Å². The van der Waals surface area contributed by atoms with E-state index in [0.717, 1.165) is 0 Å². The summed E-state index contributed by atoms with van der Waals surface area (Å²) < 4.78 is 5.19. The van der Waals surface area contributed by atoms with E-state index >= 15 is 0 Å². The lowest BCUT2D eigenvalue weighted by Gasteiger charge is -2.19. The molecule has 0 atom stereocenters. The third kappa shape index (κ3) is 4.61. The zero-order chi connectivity index (χ0) is 12.2. The number of carbonyl (C=O) groups excluding carboxylic acids is 1. The molecule has 0 bridgehead atoms. The van der Waals surface area contributed by atoms with Gasteiger partial charge in [0.1, 0.15) is 6.61 Å². The summed E-state index contributed by atoms with van der Waals surface area (Å²) in [4.78, 5) is 22.0. The van der Waals surface area contributed by atoms with Crippen molar-refractivity contribution < 1.29 is 19.4 Å². The number of carboxylic acids is 1. The van der Waals surface area contributed by atoms with Crippen molar-refractivity contribution in [3.8, 4) is 0 Å². The highest BCUT2D eigenvalue weighted by Crippen LogP contribution is 2.28. The van der Waals surface area contributed by atoms with Crippen LogP contribution in [0.25, 0.3) is 0 Å². The number of amides is 1. The zero-order valence-electron chi connectivity index (χ0n) is 9.78. The van der Waals surface area contributed by atoms with Crippen LogP contribution in [0.15, 0.2) is 0 Å². The fourth-order valence-corrected chi connectivity index (χ4v) is 1.05. The molecule has 0 aromatic heterocycles. The van der Waals surface area contributed by atoms with Crippen LogP contribution < -0.4 is 5.32 Å².